The number of hydrogen-bond acceptors (Lipinski definition) is 2. The average molecular weight is 328 g/mol. The topological polar surface area (TPSA) is 15.3 Å². The monoisotopic (exact) mass is 326 g/mol. The van der Waals surface area contributed by atoms with Crippen molar-refractivity contribution < 1.29 is 4.39 Å². The van der Waals surface area contributed by atoms with Gasteiger partial charge in [-0.1, -0.05) is 23.7 Å². The van der Waals surface area contributed by atoms with Crippen molar-refractivity contribution in [1.29, 1.82) is 0 Å². The summed E-state index contributed by atoms with van der Waals surface area (Å²) in [4.78, 5) is 2.28. The van der Waals surface area contributed by atoms with Gasteiger partial charge in [-0.3, -0.25) is 4.90 Å². The van der Waals surface area contributed by atoms with Gasteiger partial charge in [-0.2, -0.15) is 0 Å². The normalized spacial score (nSPS) is 16.9. The summed E-state index contributed by atoms with van der Waals surface area (Å²) in [5, 5.41) is 3.46. The molecule has 1 fully saturated rings. The first-order chi connectivity index (χ1) is 8.22. The van der Waals surface area contributed by atoms with Crippen molar-refractivity contribution in [2.24, 2.45) is 0 Å². The van der Waals surface area contributed by atoms with E-state index in [-0.39, 0.29) is 41.7 Å². The summed E-state index contributed by atoms with van der Waals surface area (Å²) in [6.45, 7) is 7.66. The van der Waals surface area contributed by atoms with Gasteiger partial charge in [0.15, 0.2) is 0 Å². The molecule has 1 aliphatic heterocycles. The van der Waals surface area contributed by atoms with E-state index in [2.05, 4.69) is 16.8 Å². The fourth-order valence-electron chi connectivity index (χ4n) is 2.15. The van der Waals surface area contributed by atoms with Crippen molar-refractivity contribution in [3.05, 3.63) is 47.3 Å². The van der Waals surface area contributed by atoms with E-state index in [1.54, 1.807) is 6.07 Å². The third-order valence-electron chi connectivity index (χ3n) is 3.05. The minimum Gasteiger partial charge on any atom is -0.314 e. The highest BCUT2D eigenvalue weighted by Gasteiger charge is 2.20. The Morgan fingerprint density at radius 1 is 1.32 bits per heavy atom. The number of benzene rings is 1. The second-order valence-corrected chi connectivity index (χ2v) is 4.55. The average Bonchev–Trinajstić information content (AvgIpc) is 2.36. The van der Waals surface area contributed by atoms with Crippen LogP contribution in [0, 0.1) is 5.82 Å². The predicted molar refractivity (Wildman–Crippen MR) is 83.3 cm³/mol. The molecule has 0 radical (unpaired) electrons. The number of halogens is 4. The van der Waals surface area contributed by atoms with Gasteiger partial charge in [-0.25, -0.2) is 4.39 Å². The third-order valence-corrected chi connectivity index (χ3v) is 3.36. The zero-order valence-electron chi connectivity index (χ0n) is 10.4. The summed E-state index contributed by atoms with van der Waals surface area (Å²) >= 11 is 5.69. The van der Waals surface area contributed by atoms with E-state index >= 15 is 0 Å². The summed E-state index contributed by atoms with van der Waals surface area (Å²) in [5.74, 6) is -0.369. The lowest BCUT2D eigenvalue weighted by Crippen LogP contribution is -2.44. The minimum absolute atomic E-state index is 0. The number of piperazine rings is 1. The fourth-order valence-corrected chi connectivity index (χ4v) is 2.27. The lowest BCUT2D eigenvalue weighted by Gasteiger charge is -2.33. The second kappa shape index (κ2) is 8.77. The summed E-state index contributed by atoms with van der Waals surface area (Å²) < 4.78 is 13.4. The van der Waals surface area contributed by atoms with Gasteiger partial charge in [-0.05, 0) is 17.7 Å². The van der Waals surface area contributed by atoms with Crippen LogP contribution in [0.2, 0.25) is 5.02 Å². The summed E-state index contributed by atoms with van der Waals surface area (Å²) in [7, 11) is 0. The molecule has 1 heterocycles. The molecule has 0 spiro atoms. The molecule has 1 atom stereocenters. The Balaban J connectivity index is 0.00000162. The van der Waals surface area contributed by atoms with Crippen LogP contribution >= 0.6 is 36.4 Å². The van der Waals surface area contributed by atoms with Crippen molar-refractivity contribution in [2.45, 2.75) is 6.04 Å². The zero-order valence-corrected chi connectivity index (χ0v) is 12.8. The highest BCUT2D eigenvalue weighted by molar-refractivity contribution is 6.30. The van der Waals surface area contributed by atoms with E-state index in [1.807, 2.05) is 12.1 Å². The predicted octanol–water partition coefficient (Wildman–Crippen LogP) is 3.46. The van der Waals surface area contributed by atoms with Gasteiger partial charge in [0.1, 0.15) is 5.82 Å². The van der Waals surface area contributed by atoms with Gasteiger partial charge in [0.25, 0.3) is 0 Å². The molecule has 2 rings (SSSR count). The molecule has 0 unspecified atom stereocenters. The quantitative estimate of drug-likeness (QED) is 0.855. The van der Waals surface area contributed by atoms with E-state index in [0.29, 0.717) is 0 Å². The molecule has 1 aromatic carbocycles. The van der Waals surface area contributed by atoms with Crippen LogP contribution in [0.3, 0.4) is 0 Å². The first-order valence-electron chi connectivity index (χ1n) is 5.74. The molecule has 0 aromatic heterocycles. The van der Waals surface area contributed by atoms with E-state index in [4.69, 9.17) is 11.6 Å². The van der Waals surface area contributed by atoms with Crippen LogP contribution in [0.15, 0.2) is 30.9 Å². The van der Waals surface area contributed by atoms with Crippen LogP contribution in [0.5, 0.6) is 0 Å². The summed E-state index contributed by atoms with van der Waals surface area (Å²) in [6.07, 6.45) is 1.86. The Morgan fingerprint density at radius 3 is 2.47 bits per heavy atom. The maximum atomic E-state index is 13.4. The van der Waals surface area contributed by atoms with Crippen LogP contribution in [0.4, 0.5) is 4.39 Å². The molecule has 6 heteroatoms. The van der Waals surface area contributed by atoms with E-state index < -0.39 is 0 Å². The first kappa shape index (κ1) is 18.7. The number of nitrogens with zero attached hydrogens (tertiary/aromatic N) is 1. The molecule has 1 N–H and O–H groups in total. The van der Waals surface area contributed by atoms with Gasteiger partial charge in [0.05, 0.1) is 11.1 Å². The Kier molecular flexibility index (Phi) is 8.62. The number of nitrogens with one attached hydrogen (secondary N) is 1. The van der Waals surface area contributed by atoms with Crippen molar-refractivity contribution in [2.75, 3.05) is 26.2 Å². The lowest BCUT2D eigenvalue weighted by atomic mass is 10.0. The van der Waals surface area contributed by atoms with Crippen LogP contribution in [-0.2, 0) is 0 Å². The molecular formula is C13H18Cl3FN2. The first-order valence-corrected chi connectivity index (χ1v) is 6.12. The SMILES string of the molecule is C=C[C@@H](c1ccc(Cl)c(F)c1)N1CCNCC1.Cl.Cl. The van der Waals surface area contributed by atoms with Crippen LogP contribution in [0.25, 0.3) is 0 Å². The Morgan fingerprint density at radius 2 is 1.95 bits per heavy atom. The maximum absolute atomic E-state index is 13.4. The molecule has 19 heavy (non-hydrogen) atoms. The Labute approximate surface area is 130 Å². The van der Waals surface area contributed by atoms with Crippen LogP contribution in [0.1, 0.15) is 11.6 Å². The van der Waals surface area contributed by atoms with Crippen LogP contribution in [-0.4, -0.2) is 31.1 Å². The molecule has 1 aliphatic rings. The molecule has 1 aromatic rings. The molecule has 0 bridgehead atoms. The second-order valence-electron chi connectivity index (χ2n) is 4.14. The Hall–Kier alpha value is -0.320. The standard InChI is InChI=1S/C13H16ClFN2.2ClH/c1-2-13(17-7-5-16-6-8-17)10-3-4-11(14)12(15)9-10;;/h2-4,9,13,16H,1,5-8H2;2*1H/t13-;;/m0../s1. The van der Waals surface area contributed by atoms with Gasteiger partial charge < -0.3 is 5.32 Å². The highest BCUT2D eigenvalue weighted by atomic mass is 35.5. The molecule has 0 aliphatic carbocycles. The van der Waals surface area contributed by atoms with E-state index in [9.17, 15) is 4.39 Å². The van der Waals surface area contributed by atoms with Gasteiger partial charge in [0.2, 0.25) is 0 Å². The number of rotatable bonds is 3. The van der Waals surface area contributed by atoms with Crippen LogP contribution < -0.4 is 5.32 Å². The summed E-state index contributed by atoms with van der Waals surface area (Å²) in [6, 6.07) is 5.02. The van der Waals surface area contributed by atoms with E-state index in [1.165, 1.54) is 6.07 Å². The minimum atomic E-state index is -0.369. The van der Waals surface area contributed by atoms with E-state index in [0.717, 1.165) is 31.7 Å². The molecular weight excluding hydrogens is 310 g/mol. The van der Waals surface area contributed by atoms with Gasteiger partial charge in [-0.15, -0.1) is 31.4 Å². The lowest BCUT2D eigenvalue weighted by molar-refractivity contribution is 0.203. The molecule has 0 saturated carbocycles. The van der Waals surface area contributed by atoms with Crippen molar-refractivity contribution in [3.8, 4) is 0 Å². The molecule has 108 valence electrons. The van der Waals surface area contributed by atoms with Gasteiger partial charge in [0, 0.05) is 26.2 Å². The molecule has 2 nitrogen and oxygen atoms in total. The highest BCUT2D eigenvalue weighted by Crippen LogP contribution is 2.25. The largest absolute Gasteiger partial charge is 0.314 e. The van der Waals surface area contributed by atoms with Crippen molar-refractivity contribution >= 4 is 36.4 Å². The van der Waals surface area contributed by atoms with Crippen molar-refractivity contribution in [3.63, 3.8) is 0 Å². The molecule has 0 amide bonds. The van der Waals surface area contributed by atoms with Gasteiger partial charge >= 0.3 is 0 Å². The smallest absolute Gasteiger partial charge is 0.142 e. The molecule has 1 saturated heterocycles. The summed E-state index contributed by atoms with van der Waals surface area (Å²) in [5.41, 5.74) is 0.906. The fraction of sp³-hybridized carbons (Fsp3) is 0.385. The third kappa shape index (κ3) is 4.62. The zero-order chi connectivity index (χ0) is 12.3. The van der Waals surface area contributed by atoms with Crippen molar-refractivity contribution in [1.82, 2.24) is 10.2 Å². The maximum Gasteiger partial charge on any atom is 0.142 e. The number of hydrogen-bond donors (Lipinski definition) is 1. The Bertz CT molecular complexity index is 409.